The Morgan fingerprint density at radius 3 is 2.75 bits per heavy atom. The molecule has 0 aliphatic heterocycles. The van der Waals surface area contributed by atoms with Gasteiger partial charge >= 0.3 is 0 Å². The number of halogens is 2. The lowest BCUT2D eigenvalue weighted by Gasteiger charge is -2.28. The number of anilines is 1. The first-order valence-electron chi connectivity index (χ1n) is 6.71. The molecule has 1 aliphatic carbocycles. The van der Waals surface area contributed by atoms with E-state index in [2.05, 4.69) is 22.5 Å². The van der Waals surface area contributed by atoms with Gasteiger partial charge in [0.25, 0.3) is 5.91 Å². The topological polar surface area (TPSA) is 46.3 Å². The predicted molar refractivity (Wildman–Crippen MR) is 82.0 cm³/mol. The Kier molecular flexibility index (Phi) is 4.81. The van der Waals surface area contributed by atoms with Gasteiger partial charge in [-0.05, 0) is 40.9 Å². The van der Waals surface area contributed by atoms with Crippen molar-refractivity contribution in [2.45, 2.75) is 31.7 Å². The molecule has 108 valence electrons. The number of nitrogens with zero attached hydrogens (tertiary/aromatic N) is 1. The summed E-state index contributed by atoms with van der Waals surface area (Å²) in [7, 11) is 0. The van der Waals surface area contributed by atoms with Gasteiger partial charge in [0.05, 0.1) is 11.3 Å². The molecule has 20 heavy (non-hydrogen) atoms. The Morgan fingerprint density at radius 2 is 2.15 bits per heavy atom. The molecule has 0 spiro atoms. The molecule has 1 fully saturated rings. The van der Waals surface area contributed by atoms with Gasteiger partial charge in [-0.15, -0.1) is 6.58 Å². The lowest BCUT2D eigenvalue weighted by molar-refractivity contribution is 0.0705. The van der Waals surface area contributed by atoms with Crippen LogP contribution in [0.15, 0.2) is 29.3 Å². The minimum Gasteiger partial charge on any atom is -0.396 e. The summed E-state index contributed by atoms with van der Waals surface area (Å²) >= 11 is 3.24. The summed E-state index contributed by atoms with van der Waals surface area (Å²) in [4.78, 5) is 14.5. The maximum absolute atomic E-state index is 13.4. The molecule has 0 radical (unpaired) electrons. The highest BCUT2D eigenvalue weighted by Gasteiger charge is 2.28. The van der Waals surface area contributed by atoms with E-state index in [1.54, 1.807) is 11.0 Å². The summed E-state index contributed by atoms with van der Waals surface area (Å²) in [5.41, 5.74) is 5.96. The smallest absolute Gasteiger partial charge is 0.255 e. The van der Waals surface area contributed by atoms with E-state index in [1.165, 1.54) is 12.1 Å². The first kappa shape index (κ1) is 15.0. The van der Waals surface area contributed by atoms with Gasteiger partial charge in [-0.25, -0.2) is 4.39 Å². The van der Waals surface area contributed by atoms with E-state index in [9.17, 15) is 9.18 Å². The van der Waals surface area contributed by atoms with Gasteiger partial charge < -0.3 is 10.6 Å². The molecule has 0 aromatic heterocycles. The molecule has 2 N–H and O–H groups in total. The summed E-state index contributed by atoms with van der Waals surface area (Å²) in [6.45, 7) is 4.21. The second-order valence-electron chi connectivity index (χ2n) is 5.04. The zero-order chi connectivity index (χ0) is 14.7. The molecule has 0 saturated heterocycles. The molecule has 1 aromatic rings. The maximum atomic E-state index is 13.4. The Bertz CT molecular complexity index is 527. The average molecular weight is 341 g/mol. The lowest BCUT2D eigenvalue weighted by atomic mass is 10.1. The standard InChI is InChI=1S/C15H18BrFN2O/c1-2-7-19(10-5-3-4-6-10)15(20)11-8-14(18)13(17)9-12(11)16/h2,8-10H,1,3-7,18H2. The number of nitrogens with two attached hydrogens (primary N) is 1. The molecule has 0 atom stereocenters. The molecule has 1 aliphatic rings. The van der Waals surface area contributed by atoms with Crippen LogP contribution < -0.4 is 5.73 Å². The van der Waals surface area contributed by atoms with E-state index in [1.807, 2.05) is 0 Å². The van der Waals surface area contributed by atoms with Crippen molar-refractivity contribution in [3.05, 3.63) is 40.6 Å². The fourth-order valence-electron chi connectivity index (χ4n) is 2.64. The van der Waals surface area contributed by atoms with Gasteiger partial charge in [-0.2, -0.15) is 0 Å². The first-order valence-corrected chi connectivity index (χ1v) is 7.50. The lowest BCUT2D eigenvalue weighted by Crippen LogP contribution is -2.39. The minimum atomic E-state index is -0.524. The van der Waals surface area contributed by atoms with E-state index in [0.717, 1.165) is 25.7 Å². The van der Waals surface area contributed by atoms with Crippen molar-refractivity contribution in [1.29, 1.82) is 0 Å². The largest absolute Gasteiger partial charge is 0.396 e. The number of rotatable bonds is 4. The highest BCUT2D eigenvalue weighted by Crippen LogP contribution is 2.28. The van der Waals surface area contributed by atoms with Crippen molar-refractivity contribution in [3.8, 4) is 0 Å². The van der Waals surface area contributed by atoms with Gasteiger partial charge in [-0.1, -0.05) is 18.9 Å². The van der Waals surface area contributed by atoms with Crippen LogP contribution in [0.4, 0.5) is 10.1 Å². The third-order valence-corrected chi connectivity index (χ3v) is 4.32. The van der Waals surface area contributed by atoms with Crippen LogP contribution in [0.2, 0.25) is 0 Å². The molecule has 0 unspecified atom stereocenters. The molecule has 2 rings (SSSR count). The minimum absolute atomic E-state index is 0.0125. The Hall–Kier alpha value is -1.36. The van der Waals surface area contributed by atoms with E-state index >= 15 is 0 Å². The number of hydrogen-bond acceptors (Lipinski definition) is 2. The van der Waals surface area contributed by atoms with Gasteiger partial charge in [0, 0.05) is 17.1 Å². The van der Waals surface area contributed by atoms with Crippen LogP contribution in [-0.2, 0) is 0 Å². The normalized spacial score (nSPS) is 15.3. The fourth-order valence-corrected chi connectivity index (χ4v) is 3.12. The number of hydrogen-bond donors (Lipinski definition) is 1. The van der Waals surface area contributed by atoms with E-state index in [-0.39, 0.29) is 17.6 Å². The SMILES string of the molecule is C=CCN(C(=O)c1cc(N)c(F)cc1Br)C1CCCC1. The molecule has 1 aromatic carbocycles. The van der Waals surface area contributed by atoms with Gasteiger partial charge in [0.1, 0.15) is 5.82 Å². The van der Waals surface area contributed by atoms with Crippen molar-refractivity contribution in [2.75, 3.05) is 12.3 Å². The van der Waals surface area contributed by atoms with E-state index in [4.69, 9.17) is 5.73 Å². The summed E-state index contributed by atoms with van der Waals surface area (Å²) in [6.07, 6.45) is 6.01. The number of carbonyl (C=O) groups excluding carboxylic acids is 1. The van der Waals surface area contributed by atoms with Crippen molar-refractivity contribution >= 4 is 27.5 Å². The third-order valence-electron chi connectivity index (χ3n) is 3.67. The van der Waals surface area contributed by atoms with Crippen molar-refractivity contribution < 1.29 is 9.18 Å². The highest BCUT2D eigenvalue weighted by molar-refractivity contribution is 9.10. The van der Waals surface area contributed by atoms with Crippen LogP contribution in [0.25, 0.3) is 0 Å². The zero-order valence-corrected chi connectivity index (χ0v) is 12.8. The quantitative estimate of drug-likeness (QED) is 0.670. The molecule has 0 heterocycles. The van der Waals surface area contributed by atoms with Crippen molar-refractivity contribution in [1.82, 2.24) is 4.90 Å². The van der Waals surface area contributed by atoms with Gasteiger partial charge in [0.15, 0.2) is 0 Å². The summed E-state index contributed by atoms with van der Waals surface area (Å²) in [5, 5.41) is 0. The average Bonchev–Trinajstić information content (AvgIpc) is 2.93. The number of carbonyl (C=O) groups is 1. The van der Waals surface area contributed by atoms with Crippen LogP contribution in [0, 0.1) is 5.82 Å². The first-order chi connectivity index (χ1) is 9.54. The summed E-state index contributed by atoms with van der Waals surface area (Å²) < 4.78 is 13.8. The molecule has 1 amide bonds. The number of nitrogen functional groups attached to an aromatic ring is 1. The van der Waals surface area contributed by atoms with Crippen LogP contribution in [0.3, 0.4) is 0 Å². The van der Waals surface area contributed by atoms with E-state index in [0.29, 0.717) is 16.6 Å². The zero-order valence-electron chi connectivity index (χ0n) is 11.2. The molecule has 0 bridgehead atoms. The van der Waals surface area contributed by atoms with Gasteiger partial charge in [0.2, 0.25) is 0 Å². The molecule has 3 nitrogen and oxygen atoms in total. The fraction of sp³-hybridized carbons (Fsp3) is 0.400. The maximum Gasteiger partial charge on any atom is 0.255 e. The Balaban J connectivity index is 2.31. The van der Waals surface area contributed by atoms with Crippen LogP contribution in [0.5, 0.6) is 0 Å². The molecular formula is C15H18BrFN2O. The van der Waals surface area contributed by atoms with E-state index < -0.39 is 5.82 Å². The summed E-state index contributed by atoms with van der Waals surface area (Å²) in [5.74, 6) is -0.653. The molecule has 1 saturated carbocycles. The third kappa shape index (κ3) is 3.03. The summed E-state index contributed by atoms with van der Waals surface area (Å²) in [6, 6.07) is 2.87. The van der Waals surface area contributed by atoms with Crippen LogP contribution in [-0.4, -0.2) is 23.4 Å². The second-order valence-corrected chi connectivity index (χ2v) is 5.89. The monoisotopic (exact) mass is 340 g/mol. The highest BCUT2D eigenvalue weighted by atomic mass is 79.9. The molecular weight excluding hydrogens is 323 g/mol. The Labute approximate surface area is 126 Å². The Morgan fingerprint density at radius 1 is 1.50 bits per heavy atom. The molecule has 5 heteroatoms. The number of amides is 1. The van der Waals surface area contributed by atoms with Crippen LogP contribution in [0.1, 0.15) is 36.0 Å². The number of benzene rings is 1. The van der Waals surface area contributed by atoms with Crippen LogP contribution >= 0.6 is 15.9 Å². The van der Waals surface area contributed by atoms with Crippen molar-refractivity contribution in [2.24, 2.45) is 0 Å². The second kappa shape index (κ2) is 6.39. The van der Waals surface area contributed by atoms with Crippen molar-refractivity contribution in [3.63, 3.8) is 0 Å². The predicted octanol–water partition coefficient (Wildman–Crippen LogP) is 3.74. The van der Waals surface area contributed by atoms with Gasteiger partial charge in [-0.3, -0.25) is 4.79 Å².